The Morgan fingerprint density at radius 2 is 1.81 bits per heavy atom. The largest absolute Gasteiger partial charge is 0.342 e. The fourth-order valence-corrected chi connectivity index (χ4v) is 4.48. The lowest BCUT2D eigenvalue weighted by atomic mass is 10.1. The second-order valence-electron chi connectivity index (χ2n) is 8.55. The van der Waals surface area contributed by atoms with Crippen LogP contribution in [0.5, 0.6) is 0 Å². The molecule has 2 fully saturated rings. The van der Waals surface area contributed by atoms with E-state index in [-0.39, 0.29) is 29.7 Å². The number of hydrogen-bond donors (Lipinski definition) is 3. The molecule has 4 amide bonds. The molecular weight excluding hydrogens is 410 g/mol. The van der Waals surface area contributed by atoms with Gasteiger partial charge in [-0.1, -0.05) is 13.8 Å². The zero-order valence-corrected chi connectivity index (χ0v) is 18.9. The molecule has 0 radical (unpaired) electrons. The third kappa shape index (κ3) is 4.14. The summed E-state index contributed by atoms with van der Waals surface area (Å²) in [7, 11) is 2.08. The van der Waals surface area contributed by atoms with E-state index in [9.17, 15) is 14.4 Å². The van der Waals surface area contributed by atoms with Crippen molar-refractivity contribution in [3.8, 4) is 0 Å². The first-order chi connectivity index (χ1) is 15.4. The third-order valence-electron chi connectivity index (χ3n) is 6.17. The number of likely N-dealkylation sites (tertiary alicyclic amines) is 2. The minimum absolute atomic E-state index is 0.160. The second kappa shape index (κ2) is 9.15. The molecule has 172 valence electrons. The van der Waals surface area contributed by atoms with Crippen LogP contribution in [0.3, 0.4) is 0 Å². The Morgan fingerprint density at radius 1 is 1.06 bits per heavy atom. The molecule has 2 aliphatic rings. The van der Waals surface area contributed by atoms with Crippen LogP contribution in [0.15, 0.2) is 18.2 Å². The van der Waals surface area contributed by atoms with E-state index >= 15 is 0 Å². The fourth-order valence-electron chi connectivity index (χ4n) is 4.48. The van der Waals surface area contributed by atoms with Crippen molar-refractivity contribution in [2.24, 2.45) is 0 Å². The summed E-state index contributed by atoms with van der Waals surface area (Å²) in [6.45, 7) is 6.54. The Bertz CT molecular complexity index is 1030. The Balaban J connectivity index is 1.67. The number of carbonyl (C=O) groups excluding carboxylic acids is 3. The molecule has 4 rings (SSSR count). The molecule has 0 spiro atoms. The quantitative estimate of drug-likeness (QED) is 0.635. The Kier molecular flexibility index (Phi) is 6.31. The highest BCUT2D eigenvalue weighted by Gasteiger charge is 2.44. The van der Waals surface area contributed by atoms with Gasteiger partial charge in [0.2, 0.25) is 0 Å². The van der Waals surface area contributed by atoms with Crippen molar-refractivity contribution >= 4 is 34.6 Å². The van der Waals surface area contributed by atoms with Crippen LogP contribution in [-0.4, -0.2) is 82.9 Å². The van der Waals surface area contributed by atoms with Crippen LogP contribution in [0.4, 0.5) is 15.3 Å². The minimum Gasteiger partial charge on any atom is -0.338 e. The predicted molar refractivity (Wildman–Crippen MR) is 122 cm³/mol. The standard InChI is InChI=1S/C22H31N7O3/c1-4-8-23-21(31)25-14-6-7-18-17(10-14)19(26-29(18)22(32)24-9-5-2)20(30)28-13-15-11-16(28)12-27(15)3/h6-7,10,15-16H,4-5,8-9,11-13H2,1-3H3,(H,24,32)(H2,23,25,31). The lowest BCUT2D eigenvalue weighted by Crippen LogP contribution is -2.47. The van der Waals surface area contributed by atoms with Crippen LogP contribution < -0.4 is 16.0 Å². The number of anilines is 1. The average molecular weight is 442 g/mol. The number of aromatic nitrogens is 2. The summed E-state index contributed by atoms with van der Waals surface area (Å²) in [4.78, 5) is 42.4. The summed E-state index contributed by atoms with van der Waals surface area (Å²) in [6.07, 6.45) is 2.59. The van der Waals surface area contributed by atoms with E-state index in [0.717, 1.165) is 25.8 Å². The van der Waals surface area contributed by atoms with Gasteiger partial charge in [0, 0.05) is 49.3 Å². The van der Waals surface area contributed by atoms with Gasteiger partial charge in [0.25, 0.3) is 5.91 Å². The van der Waals surface area contributed by atoms with Gasteiger partial charge in [-0.25, -0.2) is 9.59 Å². The first-order valence-corrected chi connectivity index (χ1v) is 11.3. The van der Waals surface area contributed by atoms with Crippen molar-refractivity contribution in [2.45, 2.75) is 45.2 Å². The number of nitrogens with one attached hydrogen (secondary N) is 3. The number of piperazine rings is 1. The van der Waals surface area contributed by atoms with Crippen molar-refractivity contribution in [1.29, 1.82) is 0 Å². The molecule has 0 aliphatic carbocycles. The molecular formula is C22H31N7O3. The molecule has 2 unspecified atom stereocenters. The molecule has 2 atom stereocenters. The van der Waals surface area contributed by atoms with Crippen LogP contribution in [0.1, 0.15) is 43.6 Å². The van der Waals surface area contributed by atoms with E-state index < -0.39 is 0 Å². The zero-order valence-electron chi connectivity index (χ0n) is 18.9. The normalized spacial score (nSPS) is 20.0. The maximum atomic E-state index is 13.5. The molecule has 3 heterocycles. The molecule has 0 saturated carbocycles. The first-order valence-electron chi connectivity index (χ1n) is 11.3. The van der Waals surface area contributed by atoms with Gasteiger partial charge in [-0.05, 0) is 44.5 Å². The molecule has 10 nitrogen and oxygen atoms in total. The van der Waals surface area contributed by atoms with Gasteiger partial charge in [-0.2, -0.15) is 9.78 Å². The maximum absolute atomic E-state index is 13.5. The number of amides is 4. The van der Waals surface area contributed by atoms with Crippen molar-refractivity contribution in [3.63, 3.8) is 0 Å². The number of carbonyl (C=O) groups is 3. The molecule has 3 N–H and O–H groups in total. The van der Waals surface area contributed by atoms with E-state index in [0.29, 0.717) is 42.3 Å². The van der Waals surface area contributed by atoms with Crippen LogP contribution in [-0.2, 0) is 0 Å². The summed E-state index contributed by atoms with van der Waals surface area (Å²) in [5.41, 5.74) is 1.30. The fraction of sp³-hybridized carbons (Fsp3) is 0.545. The number of benzene rings is 1. The molecule has 2 saturated heterocycles. The first kappa shape index (κ1) is 22.1. The smallest absolute Gasteiger partial charge is 0.338 e. The highest BCUT2D eigenvalue weighted by atomic mass is 16.2. The molecule has 2 aliphatic heterocycles. The second-order valence-corrected chi connectivity index (χ2v) is 8.55. The van der Waals surface area contributed by atoms with Gasteiger partial charge < -0.3 is 20.9 Å². The lowest BCUT2D eigenvalue weighted by molar-refractivity contribution is 0.0646. The molecule has 2 bridgehead atoms. The molecule has 10 heteroatoms. The lowest BCUT2D eigenvalue weighted by Gasteiger charge is -2.31. The van der Waals surface area contributed by atoms with Gasteiger partial charge >= 0.3 is 12.1 Å². The molecule has 32 heavy (non-hydrogen) atoms. The summed E-state index contributed by atoms with van der Waals surface area (Å²) in [5.74, 6) is -0.176. The number of urea groups is 1. The van der Waals surface area contributed by atoms with E-state index in [1.54, 1.807) is 18.2 Å². The van der Waals surface area contributed by atoms with Crippen LogP contribution in [0.2, 0.25) is 0 Å². The Hall–Kier alpha value is -3.14. The van der Waals surface area contributed by atoms with E-state index in [2.05, 4.69) is 33.0 Å². The Labute approximate surface area is 187 Å². The average Bonchev–Trinajstić information content (AvgIpc) is 3.47. The SMILES string of the molecule is CCCNC(=O)Nc1ccc2c(c1)c(C(=O)N1CC3CC1CN3C)nn2C(=O)NCCC. The van der Waals surface area contributed by atoms with E-state index in [4.69, 9.17) is 0 Å². The van der Waals surface area contributed by atoms with E-state index in [1.165, 1.54) is 4.68 Å². The van der Waals surface area contributed by atoms with Crippen molar-refractivity contribution in [3.05, 3.63) is 23.9 Å². The number of fused-ring (bicyclic) bond motifs is 3. The third-order valence-corrected chi connectivity index (χ3v) is 6.17. The minimum atomic E-state index is -0.375. The topological polar surface area (TPSA) is 112 Å². The molecule has 1 aromatic carbocycles. The van der Waals surface area contributed by atoms with Crippen molar-refractivity contribution < 1.29 is 14.4 Å². The number of rotatable bonds is 6. The monoisotopic (exact) mass is 441 g/mol. The van der Waals surface area contributed by atoms with Gasteiger partial charge in [-0.15, -0.1) is 0 Å². The highest BCUT2D eigenvalue weighted by molar-refractivity contribution is 6.08. The predicted octanol–water partition coefficient (Wildman–Crippen LogP) is 2.06. The summed E-state index contributed by atoms with van der Waals surface area (Å²) >= 11 is 0. The maximum Gasteiger partial charge on any atom is 0.342 e. The highest BCUT2D eigenvalue weighted by Crippen LogP contribution is 2.32. The summed E-state index contributed by atoms with van der Waals surface area (Å²) in [5, 5.41) is 13.3. The van der Waals surface area contributed by atoms with Gasteiger partial charge in [-0.3, -0.25) is 9.69 Å². The van der Waals surface area contributed by atoms with E-state index in [1.807, 2.05) is 18.7 Å². The van der Waals surface area contributed by atoms with Crippen LogP contribution in [0.25, 0.3) is 10.9 Å². The number of likely N-dealkylation sites (N-methyl/N-ethyl adjacent to an activating group) is 1. The van der Waals surface area contributed by atoms with Crippen LogP contribution >= 0.6 is 0 Å². The van der Waals surface area contributed by atoms with Gasteiger partial charge in [0.1, 0.15) is 0 Å². The van der Waals surface area contributed by atoms with Crippen LogP contribution in [0, 0.1) is 0 Å². The number of nitrogens with zero attached hydrogens (tertiary/aromatic N) is 4. The summed E-state index contributed by atoms with van der Waals surface area (Å²) < 4.78 is 1.25. The Morgan fingerprint density at radius 3 is 2.47 bits per heavy atom. The summed E-state index contributed by atoms with van der Waals surface area (Å²) in [6, 6.07) is 4.97. The van der Waals surface area contributed by atoms with Crippen molar-refractivity contribution in [1.82, 2.24) is 30.2 Å². The zero-order chi connectivity index (χ0) is 22.8. The number of hydrogen-bond acceptors (Lipinski definition) is 5. The van der Waals surface area contributed by atoms with Crippen molar-refractivity contribution in [2.75, 3.05) is 38.5 Å². The van der Waals surface area contributed by atoms with Gasteiger partial charge in [0.05, 0.1) is 5.52 Å². The van der Waals surface area contributed by atoms with Gasteiger partial charge in [0.15, 0.2) is 5.69 Å². The molecule has 1 aromatic heterocycles. The molecule has 2 aromatic rings.